The average Bonchev–Trinajstić information content (AvgIpc) is 2.52. The van der Waals surface area contributed by atoms with E-state index >= 15 is 0 Å². The molecule has 21 heavy (non-hydrogen) atoms. The van der Waals surface area contributed by atoms with Gasteiger partial charge >= 0.3 is 11.9 Å². The number of azide groups is 1. The van der Waals surface area contributed by atoms with E-state index in [4.69, 9.17) is 5.53 Å². The van der Waals surface area contributed by atoms with Gasteiger partial charge in [0.2, 0.25) is 0 Å². The van der Waals surface area contributed by atoms with Crippen LogP contribution in [-0.2, 0) is 19.1 Å². The van der Waals surface area contributed by atoms with Gasteiger partial charge in [-0.05, 0) is 29.7 Å². The lowest BCUT2D eigenvalue weighted by atomic mass is 9.99. The Morgan fingerprint density at radius 1 is 1.33 bits per heavy atom. The summed E-state index contributed by atoms with van der Waals surface area (Å²) >= 11 is 0. The molecule has 0 N–H and O–H groups in total. The molecule has 0 saturated heterocycles. The molecule has 0 spiro atoms. The summed E-state index contributed by atoms with van der Waals surface area (Å²) in [6, 6.07) is 6.91. The van der Waals surface area contributed by atoms with Gasteiger partial charge in [-0.2, -0.15) is 0 Å². The van der Waals surface area contributed by atoms with E-state index in [1.807, 2.05) is 0 Å². The highest BCUT2D eigenvalue weighted by molar-refractivity contribution is 5.93. The molecule has 7 heteroatoms. The smallest absolute Gasteiger partial charge is 0.340 e. The Balaban J connectivity index is 3.17. The molecule has 0 fully saturated rings. The van der Waals surface area contributed by atoms with E-state index in [9.17, 15) is 9.59 Å². The average molecular weight is 289 g/mol. The Hall–Kier alpha value is -2.79. The molecule has 0 aliphatic rings. The number of nitrogens with zero attached hydrogens (tertiary/aromatic N) is 3. The minimum Gasteiger partial charge on any atom is -0.469 e. The Morgan fingerprint density at radius 2 is 2.05 bits per heavy atom. The van der Waals surface area contributed by atoms with Crippen molar-refractivity contribution in [2.45, 2.75) is 12.8 Å². The summed E-state index contributed by atoms with van der Waals surface area (Å²) in [7, 11) is 2.51. The number of hydrogen-bond donors (Lipinski definition) is 0. The van der Waals surface area contributed by atoms with E-state index in [-0.39, 0.29) is 11.7 Å². The van der Waals surface area contributed by atoms with Crippen LogP contribution in [0.3, 0.4) is 0 Å². The minimum absolute atomic E-state index is 0.164. The molecule has 0 aliphatic carbocycles. The fourth-order valence-corrected chi connectivity index (χ4v) is 1.67. The summed E-state index contributed by atoms with van der Waals surface area (Å²) in [4.78, 5) is 25.6. The summed E-state index contributed by atoms with van der Waals surface area (Å²) in [5.41, 5.74) is 9.62. The van der Waals surface area contributed by atoms with Crippen molar-refractivity contribution in [1.29, 1.82) is 0 Å². The van der Waals surface area contributed by atoms with Crippen LogP contribution in [0.1, 0.15) is 24.0 Å². The first kappa shape index (κ1) is 16.3. The van der Waals surface area contributed by atoms with Crippen LogP contribution < -0.4 is 0 Å². The predicted octanol–water partition coefficient (Wildman–Crippen LogP) is 2.79. The topological polar surface area (TPSA) is 101 Å². The van der Waals surface area contributed by atoms with E-state index in [2.05, 4.69) is 19.5 Å². The zero-order valence-corrected chi connectivity index (χ0v) is 11.9. The molecule has 0 heterocycles. The van der Waals surface area contributed by atoms with E-state index in [1.165, 1.54) is 20.3 Å². The first-order valence-corrected chi connectivity index (χ1v) is 6.06. The van der Waals surface area contributed by atoms with Gasteiger partial charge in [-0.1, -0.05) is 29.4 Å². The second kappa shape index (κ2) is 7.72. The fraction of sp³-hybridized carbons (Fsp3) is 0.286. The monoisotopic (exact) mass is 289 g/mol. The maximum absolute atomic E-state index is 11.5. The first-order valence-electron chi connectivity index (χ1n) is 6.06. The fourth-order valence-electron chi connectivity index (χ4n) is 1.67. The standard InChI is InChI=1S/C14H15N3O4/c1-9(13(18)20-2)11-6-4-5-10(7-11)8-12(16-17-15)14(19)21-3/h4-9H,1-3H3/b12-8-. The van der Waals surface area contributed by atoms with Gasteiger partial charge in [-0.3, -0.25) is 4.79 Å². The number of carbonyl (C=O) groups is 2. The Labute approximate surface area is 121 Å². The third-order valence-corrected chi connectivity index (χ3v) is 2.82. The Bertz CT molecular complexity index is 618. The maximum Gasteiger partial charge on any atom is 0.340 e. The quantitative estimate of drug-likeness (QED) is 0.273. The number of carbonyl (C=O) groups excluding carboxylic acids is 2. The third kappa shape index (κ3) is 4.36. The minimum atomic E-state index is -0.737. The zero-order valence-electron chi connectivity index (χ0n) is 11.9. The van der Waals surface area contributed by atoms with Crippen molar-refractivity contribution in [2.24, 2.45) is 5.11 Å². The molecule has 0 radical (unpaired) electrons. The normalized spacial score (nSPS) is 12.0. The summed E-state index contributed by atoms with van der Waals surface area (Å²) in [5, 5.41) is 3.29. The van der Waals surface area contributed by atoms with Gasteiger partial charge in [-0.25, -0.2) is 4.79 Å². The third-order valence-electron chi connectivity index (χ3n) is 2.82. The molecular formula is C14H15N3O4. The molecule has 0 aromatic heterocycles. The number of hydrogen-bond acceptors (Lipinski definition) is 5. The van der Waals surface area contributed by atoms with Crippen molar-refractivity contribution in [2.75, 3.05) is 14.2 Å². The van der Waals surface area contributed by atoms with Gasteiger partial charge in [0, 0.05) is 4.91 Å². The number of ether oxygens (including phenoxy) is 2. The Morgan fingerprint density at radius 3 is 2.62 bits per heavy atom. The van der Waals surface area contributed by atoms with Crippen LogP contribution in [-0.4, -0.2) is 26.2 Å². The number of methoxy groups -OCH3 is 2. The molecule has 7 nitrogen and oxygen atoms in total. The molecule has 1 aromatic carbocycles. The van der Waals surface area contributed by atoms with E-state index in [0.29, 0.717) is 5.56 Å². The second-order valence-electron chi connectivity index (χ2n) is 4.13. The van der Waals surface area contributed by atoms with Crippen LogP contribution in [0, 0.1) is 0 Å². The van der Waals surface area contributed by atoms with Crippen LogP contribution in [0.5, 0.6) is 0 Å². The molecule has 1 aromatic rings. The SMILES string of the molecule is COC(=O)/C(=C/c1cccc(C(C)C(=O)OC)c1)N=[N+]=[N-]. The first-order chi connectivity index (χ1) is 10.0. The molecule has 1 unspecified atom stereocenters. The molecule has 0 aliphatic heterocycles. The molecule has 110 valence electrons. The maximum atomic E-state index is 11.5. The summed E-state index contributed by atoms with van der Waals surface area (Å²) in [6.45, 7) is 1.71. The zero-order chi connectivity index (χ0) is 15.8. The number of benzene rings is 1. The predicted molar refractivity (Wildman–Crippen MR) is 76.0 cm³/mol. The van der Waals surface area contributed by atoms with Crippen LogP contribution in [0.25, 0.3) is 16.5 Å². The van der Waals surface area contributed by atoms with Crippen molar-refractivity contribution in [3.05, 3.63) is 51.5 Å². The number of esters is 2. The highest BCUT2D eigenvalue weighted by atomic mass is 16.5. The van der Waals surface area contributed by atoms with Gasteiger partial charge in [0.25, 0.3) is 0 Å². The van der Waals surface area contributed by atoms with Gasteiger partial charge < -0.3 is 9.47 Å². The van der Waals surface area contributed by atoms with Gasteiger partial charge in [0.05, 0.1) is 20.1 Å². The lowest BCUT2D eigenvalue weighted by Crippen LogP contribution is -2.10. The number of rotatable bonds is 5. The molecule has 1 rings (SSSR count). The molecular weight excluding hydrogens is 274 g/mol. The lowest BCUT2D eigenvalue weighted by Gasteiger charge is -2.10. The molecule has 0 bridgehead atoms. The van der Waals surface area contributed by atoms with Gasteiger partial charge in [0.15, 0.2) is 0 Å². The van der Waals surface area contributed by atoms with Crippen molar-refractivity contribution in [1.82, 2.24) is 0 Å². The van der Waals surface area contributed by atoms with Crippen LogP contribution in [0.15, 0.2) is 35.1 Å². The second-order valence-corrected chi connectivity index (χ2v) is 4.13. The van der Waals surface area contributed by atoms with Gasteiger partial charge in [-0.15, -0.1) is 0 Å². The summed E-state index contributed by atoms with van der Waals surface area (Å²) in [5.74, 6) is -1.54. The summed E-state index contributed by atoms with van der Waals surface area (Å²) < 4.78 is 9.21. The molecule has 1 atom stereocenters. The van der Waals surface area contributed by atoms with Crippen LogP contribution in [0.4, 0.5) is 0 Å². The molecule has 0 saturated carbocycles. The molecule has 0 amide bonds. The highest BCUT2D eigenvalue weighted by Crippen LogP contribution is 2.20. The Kier molecular flexibility index (Phi) is 5.98. The van der Waals surface area contributed by atoms with Gasteiger partial charge in [0.1, 0.15) is 5.70 Å². The largest absolute Gasteiger partial charge is 0.469 e. The van der Waals surface area contributed by atoms with E-state index in [0.717, 1.165) is 5.56 Å². The van der Waals surface area contributed by atoms with Crippen molar-refractivity contribution in [3.63, 3.8) is 0 Å². The van der Waals surface area contributed by atoms with Crippen LogP contribution in [0.2, 0.25) is 0 Å². The van der Waals surface area contributed by atoms with Crippen LogP contribution >= 0.6 is 0 Å². The highest BCUT2D eigenvalue weighted by Gasteiger charge is 2.15. The summed E-state index contributed by atoms with van der Waals surface area (Å²) in [6.07, 6.45) is 1.39. The van der Waals surface area contributed by atoms with E-state index in [1.54, 1.807) is 31.2 Å². The van der Waals surface area contributed by atoms with Crippen molar-refractivity contribution in [3.8, 4) is 0 Å². The van der Waals surface area contributed by atoms with Crippen molar-refractivity contribution < 1.29 is 19.1 Å². The van der Waals surface area contributed by atoms with Crippen molar-refractivity contribution >= 4 is 18.0 Å². The van der Waals surface area contributed by atoms with E-state index < -0.39 is 11.9 Å². The lowest BCUT2D eigenvalue weighted by molar-refractivity contribution is -0.142.